The first-order chi connectivity index (χ1) is 18.1. The largest absolute Gasteiger partial charge is 0.341 e. The number of allylic oxidation sites excluding steroid dienone is 2. The van der Waals surface area contributed by atoms with Gasteiger partial charge in [-0.25, -0.2) is 4.79 Å². The van der Waals surface area contributed by atoms with Crippen LogP contribution in [0.3, 0.4) is 0 Å². The van der Waals surface area contributed by atoms with E-state index in [1.54, 1.807) is 7.05 Å². The van der Waals surface area contributed by atoms with E-state index < -0.39 is 0 Å². The highest BCUT2D eigenvalue weighted by molar-refractivity contribution is 6.37. The molecule has 7 nitrogen and oxygen atoms in total. The van der Waals surface area contributed by atoms with Crippen molar-refractivity contribution in [1.82, 2.24) is 25.0 Å². The second kappa shape index (κ2) is 12.4. The summed E-state index contributed by atoms with van der Waals surface area (Å²) in [6.07, 6.45) is 8.97. The number of rotatable bonds is 5. The Morgan fingerprint density at radius 2 is 1.89 bits per heavy atom. The lowest BCUT2D eigenvalue weighted by atomic mass is 9.82. The maximum absolute atomic E-state index is 13.7. The SMILES string of the molecule is CNC(=O)N1CCC(CC(=O)N2CCN(C(C3=CCC(Cl)C(Cl)=C3)c3ccccn3)CC2C(C)(C)C)CC1. The number of urea groups is 1. The Hall–Kier alpha value is -2.09. The zero-order valence-corrected chi connectivity index (χ0v) is 24.5. The van der Waals surface area contributed by atoms with Crippen LogP contribution < -0.4 is 5.32 Å². The third-order valence-electron chi connectivity index (χ3n) is 8.12. The fourth-order valence-corrected chi connectivity index (χ4v) is 6.27. The molecule has 3 atom stereocenters. The number of alkyl halides is 1. The van der Waals surface area contributed by atoms with Crippen LogP contribution in [0.1, 0.15) is 58.2 Å². The zero-order chi connectivity index (χ0) is 27.4. The number of carbonyl (C=O) groups is 2. The van der Waals surface area contributed by atoms with E-state index in [0.717, 1.165) is 37.2 Å². The summed E-state index contributed by atoms with van der Waals surface area (Å²) in [4.78, 5) is 36.7. The molecule has 3 unspecified atom stereocenters. The number of carbonyl (C=O) groups excluding carboxylic acids is 2. The monoisotopic (exact) mass is 561 g/mol. The van der Waals surface area contributed by atoms with Crippen molar-refractivity contribution < 1.29 is 9.59 Å². The van der Waals surface area contributed by atoms with E-state index in [2.05, 4.69) is 48.0 Å². The van der Waals surface area contributed by atoms with Gasteiger partial charge < -0.3 is 15.1 Å². The standard InChI is InChI=1S/C29H41Cl2N5O2/c1-29(2,3)25-19-35(27(24-7-5-6-12-33-24)21-8-9-22(30)23(31)18-21)15-16-36(25)26(37)17-20-10-13-34(14-11-20)28(38)32-4/h5-8,12,18,20,22,25,27H,9-11,13-17,19H2,1-4H3,(H,32,38). The maximum Gasteiger partial charge on any atom is 0.317 e. The highest BCUT2D eigenvalue weighted by atomic mass is 35.5. The normalized spacial score (nSPS) is 24.5. The van der Waals surface area contributed by atoms with Gasteiger partial charge in [-0.3, -0.25) is 14.7 Å². The molecule has 1 aromatic heterocycles. The van der Waals surface area contributed by atoms with Crippen molar-refractivity contribution >= 4 is 35.1 Å². The van der Waals surface area contributed by atoms with Gasteiger partial charge in [0.05, 0.1) is 17.1 Å². The molecule has 2 aliphatic heterocycles. The number of pyridine rings is 1. The zero-order valence-electron chi connectivity index (χ0n) is 23.0. The van der Waals surface area contributed by atoms with Crippen LogP contribution in [0.25, 0.3) is 0 Å². The molecule has 2 fully saturated rings. The minimum Gasteiger partial charge on any atom is -0.341 e. The highest BCUT2D eigenvalue weighted by Gasteiger charge is 2.41. The summed E-state index contributed by atoms with van der Waals surface area (Å²) in [5, 5.41) is 3.17. The first-order valence-corrected chi connectivity index (χ1v) is 14.5. The third kappa shape index (κ3) is 6.72. The first kappa shape index (κ1) is 28.9. The number of nitrogens with zero attached hydrogens (tertiary/aromatic N) is 4. The minimum atomic E-state index is -0.190. The average Bonchev–Trinajstić information content (AvgIpc) is 2.91. The fourth-order valence-electron chi connectivity index (χ4n) is 5.90. The Morgan fingerprint density at radius 1 is 1.16 bits per heavy atom. The van der Waals surface area contributed by atoms with Crippen molar-refractivity contribution in [2.24, 2.45) is 11.3 Å². The number of aromatic nitrogens is 1. The topological polar surface area (TPSA) is 68.8 Å². The highest BCUT2D eigenvalue weighted by Crippen LogP contribution is 2.38. The van der Waals surface area contributed by atoms with Gasteiger partial charge in [0, 0.05) is 63.5 Å². The molecule has 38 heavy (non-hydrogen) atoms. The molecular weight excluding hydrogens is 521 g/mol. The lowest BCUT2D eigenvalue weighted by Crippen LogP contribution is -2.60. The molecule has 0 aromatic carbocycles. The Kier molecular flexibility index (Phi) is 9.43. The van der Waals surface area contributed by atoms with Crippen molar-refractivity contribution in [2.75, 3.05) is 39.8 Å². The Balaban J connectivity index is 1.50. The molecular formula is C29H41Cl2N5O2. The van der Waals surface area contributed by atoms with Crippen LogP contribution in [0, 0.1) is 11.3 Å². The van der Waals surface area contributed by atoms with Crippen LogP contribution in [0.4, 0.5) is 4.79 Å². The predicted molar refractivity (Wildman–Crippen MR) is 153 cm³/mol. The number of nitrogens with one attached hydrogen (secondary N) is 1. The summed E-state index contributed by atoms with van der Waals surface area (Å²) < 4.78 is 0. The summed E-state index contributed by atoms with van der Waals surface area (Å²) in [5.41, 5.74) is 1.99. The van der Waals surface area contributed by atoms with E-state index in [1.807, 2.05) is 29.3 Å². The molecule has 3 aliphatic rings. The van der Waals surface area contributed by atoms with Gasteiger partial charge in [-0.15, -0.1) is 11.6 Å². The van der Waals surface area contributed by atoms with E-state index in [1.165, 1.54) is 0 Å². The second-order valence-electron chi connectivity index (χ2n) is 11.7. The van der Waals surface area contributed by atoms with Crippen molar-refractivity contribution in [1.29, 1.82) is 0 Å². The van der Waals surface area contributed by atoms with Gasteiger partial charge in [0.15, 0.2) is 0 Å². The number of piperazine rings is 1. The van der Waals surface area contributed by atoms with Crippen LogP contribution in [0.15, 0.2) is 47.2 Å². The third-order valence-corrected chi connectivity index (χ3v) is 9.02. The molecule has 1 aromatic rings. The van der Waals surface area contributed by atoms with Gasteiger partial charge in [-0.2, -0.15) is 0 Å². The van der Waals surface area contributed by atoms with Crippen molar-refractivity contribution in [3.63, 3.8) is 0 Å². The minimum absolute atomic E-state index is 0.0352. The quantitative estimate of drug-likeness (QED) is 0.502. The molecule has 0 bridgehead atoms. The number of piperidine rings is 1. The molecule has 0 saturated carbocycles. The number of amides is 3. The predicted octanol–water partition coefficient (Wildman–Crippen LogP) is 5.18. The lowest BCUT2D eigenvalue weighted by Gasteiger charge is -2.50. The summed E-state index contributed by atoms with van der Waals surface area (Å²) >= 11 is 12.9. The number of hydrogen-bond acceptors (Lipinski definition) is 4. The molecule has 3 amide bonds. The van der Waals surface area contributed by atoms with Gasteiger partial charge >= 0.3 is 6.03 Å². The fraction of sp³-hybridized carbons (Fsp3) is 0.621. The number of halogens is 2. The van der Waals surface area contributed by atoms with E-state index in [-0.39, 0.29) is 34.8 Å². The van der Waals surface area contributed by atoms with Crippen LogP contribution in [0.5, 0.6) is 0 Å². The molecule has 208 valence electrons. The van der Waals surface area contributed by atoms with Crippen molar-refractivity contribution in [3.05, 3.63) is 52.8 Å². The Morgan fingerprint density at radius 3 is 2.50 bits per heavy atom. The van der Waals surface area contributed by atoms with Gasteiger partial charge in [0.1, 0.15) is 0 Å². The van der Waals surface area contributed by atoms with Gasteiger partial charge in [0.25, 0.3) is 0 Å². The van der Waals surface area contributed by atoms with Crippen LogP contribution >= 0.6 is 23.2 Å². The summed E-state index contributed by atoms with van der Waals surface area (Å²) in [6.45, 7) is 10.2. The molecule has 1 N–H and O–H groups in total. The molecule has 0 spiro atoms. The van der Waals surface area contributed by atoms with E-state index in [0.29, 0.717) is 43.4 Å². The van der Waals surface area contributed by atoms with E-state index in [4.69, 9.17) is 28.2 Å². The van der Waals surface area contributed by atoms with Gasteiger partial charge in [-0.05, 0) is 54.4 Å². The maximum atomic E-state index is 13.7. The first-order valence-electron chi connectivity index (χ1n) is 13.7. The summed E-state index contributed by atoms with van der Waals surface area (Å²) in [5.74, 6) is 0.536. The lowest BCUT2D eigenvalue weighted by molar-refractivity contribution is -0.141. The Labute approximate surface area is 237 Å². The summed E-state index contributed by atoms with van der Waals surface area (Å²) in [7, 11) is 1.66. The van der Waals surface area contributed by atoms with Crippen molar-refractivity contribution in [3.8, 4) is 0 Å². The molecule has 2 saturated heterocycles. The van der Waals surface area contributed by atoms with Crippen molar-refractivity contribution in [2.45, 2.75) is 63.9 Å². The van der Waals surface area contributed by atoms with Gasteiger partial charge in [-0.1, -0.05) is 44.5 Å². The molecule has 0 radical (unpaired) electrons. The molecule has 3 heterocycles. The van der Waals surface area contributed by atoms with Gasteiger partial charge in [0.2, 0.25) is 5.91 Å². The number of hydrogen-bond donors (Lipinski definition) is 1. The van der Waals surface area contributed by atoms with Crippen LogP contribution in [-0.2, 0) is 4.79 Å². The smallest absolute Gasteiger partial charge is 0.317 e. The van der Waals surface area contributed by atoms with Crippen LogP contribution in [-0.4, -0.2) is 82.8 Å². The number of likely N-dealkylation sites (tertiary alicyclic amines) is 1. The molecule has 4 rings (SSSR count). The van der Waals surface area contributed by atoms with Crippen LogP contribution in [0.2, 0.25) is 0 Å². The Bertz CT molecular complexity index is 1050. The average molecular weight is 563 g/mol. The van der Waals surface area contributed by atoms with E-state index in [9.17, 15) is 9.59 Å². The van der Waals surface area contributed by atoms with E-state index >= 15 is 0 Å². The summed E-state index contributed by atoms with van der Waals surface area (Å²) in [6, 6.07) is 5.99. The second-order valence-corrected chi connectivity index (χ2v) is 12.7. The molecule has 1 aliphatic carbocycles. The molecule has 9 heteroatoms.